The van der Waals surface area contributed by atoms with E-state index in [1.54, 1.807) is 24.3 Å². The molecule has 4 N–H and O–H groups in total. The van der Waals surface area contributed by atoms with Crippen molar-refractivity contribution in [2.75, 3.05) is 0 Å². The topological polar surface area (TPSA) is 118 Å². The Hall–Kier alpha value is -2.21. The number of aliphatic carboxylic acids is 2. The minimum absolute atomic E-state index is 0.217. The molecule has 0 bridgehead atoms. The van der Waals surface area contributed by atoms with Crippen molar-refractivity contribution in [2.45, 2.75) is 25.3 Å². The maximum Gasteiger partial charge on any atom is 0.320 e. The Labute approximate surface area is 116 Å². The molecule has 108 valence electrons. The van der Waals surface area contributed by atoms with E-state index in [0.29, 0.717) is 0 Å². The first kappa shape index (κ1) is 15.8. The fraction of sp³-hybridized carbons (Fsp3) is 0.357. The van der Waals surface area contributed by atoms with E-state index in [1.807, 2.05) is 6.07 Å². The Kier molecular flexibility index (Phi) is 5.86. The maximum absolute atomic E-state index is 11.7. The number of carbonyl (C=O) groups excluding carboxylic acids is 1. The van der Waals surface area contributed by atoms with Crippen LogP contribution >= 0.6 is 0 Å². The van der Waals surface area contributed by atoms with Gasteiger partial charge in [-0.2, -0.15) is 0 Å². The number of ketones is 1. The van der Waals surface area contributed by atoms with E-state index in [0.717, 1.165) is 5.56 Å². The van der Waals surface area contributed by atoms with Crippen molar-refractivity contribution >= 4 is 17.7 Å². The van der Waals surface area contributed by atoms with Crippen molar-refractivity contribution < 1.29 is 24.6 Å². The van der Waals surface area contributed by atoms with E-state index in [1.165, 1.54) is 0 Å². The molecule has 0 saturated carbocycles. The average molecular weight is 279 g/mol. The second-order valence-corrected chi connectivity index (χ2v) is 4.62. The van der Waals surface area contributed by atoms with Gasteiger partial charge in [0.15, 0.2) is 0 Å². The van der Waals surface area contributed by atoms with Crippen LogP contribution < -0.4 is 5.73 Å². The molecule has 1 aromatic rings. The SMILES string of the molecule is N[C@@H](CC(=O)C[C@@H](Cc1ccccc1)C(=O)O)C(=O)O. The van der Waals surface area contributed by atoms with Crippen molar-refractivity contribution in [2.24, 2.45) is 11.7 Å². The summed E-state index contributed by atoms with van der Waals surface area (Å²) in [4.78, 5) is 33.4. The third kappa shape index (κ3) is 5.19. The summed E-state index contributed by atoms with van der Waals surface area (Å²) in [5.74, 6) is -3.67. The Balaban J connectivity index is 2.62. The van der Waals surface area contributed by atoms with Crippen LogP contribution in [-0.2, 0) is 20.8 Å². The van der Waals surface area contributed by atoms with Crippen molar-refractivity contribution in [3.8, 4) is 0 Å². The highest BCUT2D eigenvalue weighted by molar-refractivity contribution is 5.88. The van der Waals surface area contributed by atoms with E-state index in [-0.39, 0.29) is 19.3 Å². The lowest BCUT2D eigenvalue weighted by Crippen LogP contribution is -2.33. The molecule has 0 heterocycles. The minimum Gasteiger partial charge on any atom is -0.481 e. The van der Waals surface area contributed by atoms with Gasteiger partial charge >= 0.3 is 11.9 Å². The number of carboxylic acid groups (broad SMARTS) is 2. The number of hydrogen-bond acceptors (Lipinski definition) is 4. The molecule has 0 amide bonds. The Bertz CT molecular complexity index is 486. The molecule has 0 aliphatic carbocycles. The summed E-state index contributed by atoms with van der Waals surface area (Å²) in [5.41, 5.74) is 6.07. The Morgan fingerprint density at radius 3 is 2.10 bits per heavy atom. The first-order valence-electron chi connectivity index (χ1n) is 6.17. The van der Waals surface area contributed by atoms with Crippen molar-refractivity contribution in [3.05, 3.63) is 35.9 Å². The smallest absolute Gasteiger partial charge is 0.320 e. The highest BCUT2D eigenvalue weighted by Crippen LogP contribution is 2.14. The highest BCUT2D eigenvalue weighted by atomic mass is 16.4. The predicted octanol–water partition coefficient (Wildman–Crippen LogP) is 0.691. The van der Waals surface area contributed by atoms with E-state index in [9.17, 15) is 14.4 Å². The monoisotopic (exact) mass is 279 g/mol. The summed E-state index contributed by atoms with van der Waals surface area (Å²) < 4.78 is 0. The zero-order valence-corrected chi connectivity index (χ0v) is 10.9. The van der Waals surface area contributed by atoms with Crippen molar-refractivity contribution in [3.63, 3.8) is 0 Å². The lowest BCUT2D eigenvalue weighted by Gasteiger charge is -2.12. The van der Waals surface area contributed by atoms with E-state index >= 15 is 0 Å². The molecule has 2 atom stereocenters. The molecule has 0 radical (unpaired) electrons. The second-order valence-electron chi connectivity index (χ2n) is 4.62. The van der Waals surface area contributed by atoms with Gasteiger partial charge in [-0.3, -0.25) is 14.4 Å². The van der Waals surface area contributed by atoms with Gasteiger partial charge in [0.2, 0.25) is 0 Å². The van der Waals surface area contributed by atoms with Gasteiger partial charge in [-0.1, -0.05) is 30.3 Å². The molecule has 0 aliphatic heterocycles. The van der Waals surface area contributed by atoms with Crippen LogP contribution in [-0.4, -0.2) is 34.0 Å². The first-order chi connectivity index (χ1) is 9.40. The predicted molar refractivity (Wildman–Crippen MR) is 71.1 cm³/mol. The van der Waals surface area contributed by atoms with Crippen LogP contribution in [0.4, 0.5) is 0 Å². The van der Waals surface area contributed by atoms with Crippen LogP contribution in [0.25, 0.3) is 0 Å². The zero-order valence-electron chi connectivity index (χ0n) is 10.9. The van der Waals surface area contributed by atoms with Crippen molar-refractivity contribution in [1.29, 1.82) is 0 Å². The molecule has 0 aliphatic rings. The van der Waals surface area contributed by atoms with Crippen LogP contribution in [0.15, 0.2) is 30.3 Å². The third-order valence-corrected chi connectivity index (χ3v) is 2.91. The lowest BCUT2D eigenvalue weighted by molar-refractivity contribution is -0.144. The fourth-order valence-electron chi connectivity index (χ4n) is 1.84. The molecule has 0 fully saturated rings. The maximum atomic E-state index is 11.7. The third-order valence-electron chi connectivity index (χ3n) is 2.91. The molecule has 6 heteroatoms. The molecule has 20 heavy (non-hydrogen) atoms. The van der Waals surface area contributed by atoms with E-state index in [4.69, 9.17) is 15.9 Å². The molecule has 0 unspecified atom stereocenters. The normalized spacial score (nSPS) is 13.4. The Morgan fingerprint density at radius 1 is 1.00 bits per heavy atom. The molecular weight excluding hydrogens is 262 g/mol. The quantitative estimate of drug-likeness (QED) is 0.644. The molecule has 6 nitrogen and oxygen atoms in total. The van der Waals surface area contributed by atoms with Crippen LogP contribution in [0.2, 0.25) is 0 Å². The van der Waals surface area contributed by atoms with Crippen LogP contribution in [0.5, 0.6) is 0 Å². The molecule has 0 saturated heterocycles. The van der Waals surface area contributed by atoms with Gasteiger partial charge in [0.05, 0.1) is 5.92 Å². The van der Waals surface area contributed by atoms with Gasteiger partial charge in [-0.15, -0.1) is 0 Å². The molecular formula is C14H17NO5. The number of benzene rings is 1. The van der Waals surface area contributed by atoms with Crippen LogP contribution in [0.3, 0.4) is 0 Å². The summed E-state index contributed by atoms with van der Waals surface area (Å²) in [5, 5.41) is 17.7. The molecule has 0 aromatic heterocycles. The lowest BCUT2D eigenvalue weighted by atomic mass is 9.92. The van der Waals surface area contributed by atoms with E-state index in [2.05, 4.69) is 0 Å². The zero-order chi connectivity index (χ0) is 15.1. The number of carbonyl (C=O) groups is 3. The Morgan fingerprint density at radius 2 is 1.60 bits per heavy atom. The average Bonchev–Trinajstić information content (AvgIpc) is 2.38. The van der Waals surface area contributed by atoms with Gasteiger partial charge in [0.25, 0.3) is 0 Å². The summed E-state index contributed by atoms with van der Waals surface area (Å²) >= 11 is 0. The number of nitrogens with two attached hydrogens (primary N) is 1. The second kappa shape index (κ2) is 7.40. The van der Waals surface area contributed by atoms with Crippen molar-refractivity contribution in [1.82, 2.24) is 0 Å². The van der Waals surface area contributed by atoms with Gasteiger partial charge in [-0.05, 0) is 12.0 Å². The number of Topliss-reactive ketones (excluding diaryl/α,β-unsaturated/α-hetero) is 1. The van der Waals surface area contributed by atoms with Gasteiger partial charge in [0.1, 0.15) is 11.8 Å². The minimum atomic E-state index is -1.28. The fourth-order valence-corrected chi connectivity index (χ4v) is 1.84. The summed E-state index contributed by atoms with van der Waals surface area (Å²) in [6.07, 6.45) is -0.344. The van der Waals surface area contributed by atoms with Gasteiger partial charge in [-0.25, -0.2) is 0 Å². The van der Waals surface area contributed by atoms with Crippen LogP contribution in [0.1, 0.15) is 18.4 Å². The molecule has 1 rings (SSSR count). The van der Waals surface area contributed by atoms with Crippen LogP contribution in [0, 0.1) is 5.92 Å². The summed E-state index contributed by atoms with van der Waals surface area (Å²) in [6.45, 7) is 0. The van der Waals surface area contributed by atoms with E-state index < -0.39 is 29.7 Å². The first-order valence-corrected chi connectivity index (χ1v) is 6.17. The number of carboxylic acids is 2. The summed E-state index contributed by atoms with van der Waals surface area (Å²) in [6, 6.07) is 7.67. The summed E-state index contributed by atoms with van der Waals surface area (Å²) in [7, 11) is 0. The highest BCUT2D eigenvalue weighted by Gasteiger charge is 2.24. The number of hydrogen-bond donors (Lipinski definition) is 3. The standard InChI is InChI=1S/C14H17NO5/c15-12(14(19)20)8-11(16)7-10(13(17)18)6-9-4-2-1-3-5-9/h1-5,10,12H,6-8,15H2,(H,17,18)(H,19,20)/t10-,12+/m1/s1. The van der Waals surface area contributed by atoms with Gasteiger partial charge in [0, 0.05) is 12.8 Å². The molecule has 1 aromatic carbocycles. The largest absolute Gasteiger partial charge is 0.481 e. The molecule has 0 spiro atoms. The van der Waals surface area contributed by atoms with Gasteiger partial charge < -0.3 is 15.9 Å². The number of rotatable bonds is 8.